The number of H-pyrrole nitrogens is 1. The lowest BCUT2D eigenvalue weighted by atomic mass is 10.2. The predicted octanol–water partition coefficient (Wildman–Crippen LogP) is 1.03. The smallest absolute Gasteiger partial charge is 0.372 e. The van der Waals surface area contributed by atoms with Crippen LogP contribution in [0.1, 0.15) is 7.43 Å². The van der Waals surface area contributed by atoms with Gasteiger partial charge in [-0.15, -0.1) is 0 Å². The maximum absolute atomic E-state index is 11.2. The molecule has 1 heterocycles. The molecule has 1 N–H and O–H groups in total. The summed E-state index contributed by atoms with van der Waals surface area (Å²) in [6.45, 7) is 0. The Labute approximate surface area is 88.5 Å². The Balaban J connectivity index is 0.00000128. The fourth-order valence-electron chi connectivity index (χ4n) is 1.28. The van der Waals surface area contributed by atoms with Crippen molar-refractivity contribution in [1.82, 2.24) is 4.98 Å². The molecule has 84 valence electrons. The van der Waals surface area contributed by atoms with Gasteiger partial charge in [0.2, 0.25) is 0 Å². The highest BCUT2D eigenvalue weighted by Crippen LogP contribution is 2.19. The van der Waals surface area contributed by atoms with Gasteiger partial charge in [0.05, 0.1) is 10.4 Å². The minimum absolute atomic E-state index is 0. The molecule has 0 spiro atoms. The molecule has 0 aliphatic rings. The summed E-state index contributed by atoms with van der Waals surface area (Å²) >= 11 is 0. The highest BCUT2D eigenvalue weighted by Gasteiger charge is 2.16. The Bertz CT molecular complexity index is 655. The summed E-state index contributed by atoms with van der Waals surface area (Å²) in [5, 5.41) is 10.4. The fraction of sp³-hybridized carbons (Fsp3) is 0.111. The molecule has 7 heteroatoms. The number of aromatic amines is 1. The van der Waals surface area contributed by atoms with E-state index in [2.05, 4.69) is 9.40 Å². The molecule has 0 radical (unpaired) electrons. The van der Waals surface area contributed by atoms with Gasteiger partial charge in [-0.05, 0) is 6.07 Å². The first-order valence-corrected chi connectivity index (χ1v) is 3.90. The lowest BCUT2D eigenvalue weighted by molar-refractivity contribution is -0.383. The predicted molar refractivity (Wildman–Crippen MR) is 56.5 cm³/mol. The van der Waals surface area contributed by atoms with E-state index in [9.17, 15) is 19.7 Å². The van der Waals surface area contributed by atoms with Gasteiger partial charge in [0.15, 0.2) is 5.39 Å². The molecule has 1 aromatic heterocycles. The maximum atomic E-state index is 11.2. The van der Waals surface area contributed by atoms with E-state index in [1.54, 1.807) is 0 Å². The zero-order valence-corrected chi connectivity index (χ0v) is 7.22. The summed E-state index contributed by atoms with van der Waals surface area (Å²) in [6, 6.07) is 3.92. The Morgan fingerprint density at radius 3 is 2.62 bits per heavy atom. The van der Waals surface area contributed by atoms with Crippen molar-refractivity contribution in [2.45, 2.75) is 7.43 Å². The van der Waals surface area contributed by atoms with Crippen LogP contribution in [0, 0.1) is 10.1 Å². The van der Waals surface area contributed by atoms with Crippen molar-refractivity contribution in [2.24, 2.45) is 0 Å². The average Bonchev–Trinajstić information content (AvgIpc) is 2.16. The van der Waals surface area contributed by atoms with Gasteiger partial charge in [-0.25, -0.2) is 9.59 Å². The molecule has 2 rings (SSSR count). The number of nitrogens with one attached hydrogen (secondary N) is 1. The first-order valence-electron chi connectivity index (χ1n) is 3.90. The molecule has 0 atom stereocenters. The van der Waals surface area contributed by atoms with Gasteiger partial charge in [0.1, 0.15) is 0 Å². The second-order valence-electron chi connectivity index (χ2n) is 2.76. The van der Waals surface area contributed by atoms with Gasteiger partial charge < -0.3 is 4.42 Å². The Kier molecular flexibility index (Phi) is 2.89. The minimum Gasteiger partial charge on any atom is -0.372 e. The number of hydrogen-bond acceptors (Lipinski definition) is 5. The van der Waals surface area contributed by atoms with Gasteiger partial charge in [-0.3, -0.25) is 15.1 Å². The number of non-ortho nitro benzene ring substituents is 1. The van der Waals surface area contributed by atoms with Crippen LogP contribution in [0.5, 0.6) is 0 Å². The molecule has 0 aliphatic heterocycles. The molecule has 0 saturated heterocycles. The first-order chi connectivity index (χ1) is 7.09. The van der Waals surface area contributed by atoms with Crippen LogP contribution >= 0.6 is 0 Å². The fourth-order valence-corrected chi connectivity index (χ4v) is 1.28. The number of hydrogen-bond donors (Lipinski definition) is 1. The van der Waals surface area contributed by atoms with Crippen LogP contribution < -0.4 is 11.4 Å². The largest absolute Gasteiger partial charge is 0.419 e. The normalized spacial score (nSPS) is 9.75. The molecule has 2 aromatic rings. The minimum atomic E-state index is -1.01. The molecule has 0 aliphatic carbocycles. The van der Waals surface area contributed by atoms with Crippen molar-refractivity contribution >= 4 is 16.6 Å². The molecular formula is C9H8N2O5. The summed E-state index contributed by atoms with van der Waals surface area (Å²) in [6.07, 6.45) is 0. The van der Waals surface area contributed by atoms with Crippen LogP contribution in [0.25, 0.3) is 10.9 Å². The molecule has 0 unspecified atom stereocenters. The van der Waals surface area contributed by atoms with Crippen molar-refractivity contribution in [3.05, 3.63) is 49.3 Å². The lowest BCUT2D eigenvalue weighted by Gasteiger charge is -1.95. The number of benzene rings is 1. The molecule has 0 saturated carbocycles. The Morgan fingerprint density at radius 1 is 1.31 bits per heavy atom. The van der Waals surface area contributed by atoms with Crippen molar-refractivity contribution < 1.29 is 9.34 Å². The van der Waals surface area contributed by atoms with Crippen LogP contribution in [0.4, 0.5) is 5.69 Å². The van der Waals surface area contributed by atoms with Crippen LogP contribution in [-0.4, -0.2) is 9.91 Å². The van der Waals surface area contributed by atoms with Gasteiger partial charge in [-0.2, -0.15) is 0 Å². The summed E-state index contributed by atoms with van der Waals surface area (Å²) < 4.78 is 4.21. The van der Waals surface area contributed by atoms with Gasteiger partial charge >= 0.3 is 11.4 Å². The van der Waals surface area contributed by atoms with Gasteiger partial charge in [-0.1, -0.05) is 13.5 Å². The lowest BCUT2D eigenvalue weighted by Crippen LogP contribution is -2.15. The van der Waals surface area contributed by atoms with Crippen molar-refractivity contribution in [3.8, 4) is 0 Å². The molecule has 1 aromatic carbocycles. The number of rotatable bonds is 1. The third-order valence-corrected chi connectivity index (χ3v) is 1.87. The van der Waals surface area contributed by atoms with E-state index < -0.39 is 22.0 Å². The van der Waals surface area contributed by atoms with E-state index >= 15 is 0 Å². The van der Waals surface area contributed by atoms with Crippen molar-refractivity contribution in [2.75, 3.05) is 0 Å². The van der Waals surface area contributed by atoms with Crippen molar-refractivity contribution in [3.63, 3.8) is 0 Å². The van der Waals surface area contributed by atoms with Gasteiger partial charge in [0, 0.05) is 6.07 Å². The van der Waals surface area contributed by atoms with E-state index in [1.807, 2.05) is 0 Å². The van der Waals surface area contributed by atoms with E-state index in [4.69, 9.17) is 0 Å². The number of aromatic nitrogens is 1. The molecule has 16 heavy (non-hydrogen) atoms. The third-order valence-electron chi connectivity index (χ3n) is 1.87. The SMILES string of the molecule is C.O=c1[nH]c2cccc([N+](=O)[O-])c2c(=O)o1. The monoisotopic (exact) mass is 224 g/mol. The molecule has 0 amide bonds. The second kappa shape index (κ2) is 3.97. The van der Waals surface area contributed by atoms with Crippen LogP contribution in [-0.2, 0) is 0 Å². The summed E-state index contributed by atoms with van der Waals surface area (Å²) in [4.78, 5) is 34.1. The molecule has 7 nitrogen and oxygen atoms in total. The number of fused-ring (bicyclic) bond motifs is 1. The maximum Gasteiger partial charge on any atom is 0.419 e. The second-order valence-corrected chi connectivity index (χ2v) is 2.76. The zero-order valence-electron chi connectivity index (χ0n) is 7.22. The number of nitro groups is 1. The van der Waals surface area contributed by atoms with E-state index in [0.29, 0.717) is 0 Å². The summed E-state index contributed by atoms with van der Waals surface area (Å²) in [5.41, 5.74) is -1.32. The first kappa shape index (κ1) is 11.6. The van der Waals surface area contributed by atoms with E-state index in [0.717, 1.165) is 6.07 Å². The molecular weight excluding hydrogens is 216 g/mol. The standard InChI is InChI=1S/C8H4N2O5.CH4/c11-7-6-4(9-8(12)15-7)2-1-3-5(6)10(13)14;/h1-3H,(H,9,12);1H4. The molecule has 0 fully saturated rings. The van der Waals surface area contributed by atoms with Crippen LogP contribution in [0.3, 0.4) is 0 Å². The van der Waals surface area contributed by atoms with Crippen LogP contribution in [0.15, 0.2) is 32.2 Å². The van der Waals surface area contributed by atoms with E-state index in [-0.39, 0.29) is 18.3 Å². The third kappa shape index (κ3) is 1.70. The summed E-state index contributed by atoms with van der Waals surface area (Å²) in [5.74, 6) is -0.937. The number of nitrogens with zero attached hydrogens (tertiary/aromatic N) is 1. The quantitative estimate of drug-likeness (QED) is 0.575. The van der Waals surface area contributed by atoms with Crippen LogP contribution in [0.2, 0.25) is 0 Å². The number of nitro benzene ring substituents is 1. The Hall–Kier alpha value is -2.44. The van der Waals surface area contributed by atoms with E-state index in [1.165, 1.54) is 12.1 Å². The highest BCUT2D eigenvalue weighted by atomic mass is 16.6. The average molecular weight is 224 g/mol. The topological polar surface area (TPSA) is 106 Å². The zero-order chi connectivity index (χ0) is 11.0. The van der Waals surface area contributed by atoms with Gasteiger partial charge in [0.25, 0.3) is 5.69 Å². The Morgan fingerprint density at radius 2 is 2.00 bits per heavy atom. The highest BCUT2D eigenvalue weighted by molar-refractivity contribution is 5.86. The molecule has 0 bridgehead atoms. The summed E-state index contributed by atoms with van der Waals surface area (Å²) in [7, 11) is 0. The van der Waals surface area contributed by atoms with Crippen molar-refractivity contribution in [1.29, 1.82) is 0 Å².